The number of Topliss-reactive ketones (excluding diaryl/α,β-unsaturated/α-hetero) is 1. The predicted molar refractivity (Wildman–Crippen MR) is 110 cm³/mol. The number of carbonyl (C=O) groups is 1. The average Bonchev–Trinajstić information content (AvgIpc) is 3.06. The van der Waals surface area contributed by atoms with E-state index in [9.17, 15) is 17.6 Å². The molecule has 2 aromatic carbocycles. The molecule has 3 rings (SSSR count). The molecular weight excluding hydrogens is 423 g/mol. The number of nitrogens with zero attached hydrogens (tertiary/aromatic N) is 2. The van der Waals surface area contributed by atoms with Gasteiger partial charge in [-0.3, -0.25) is 9.52 Å². The third-order valence-electron chi connectivity index (χ3n) is 3.32. The van der Waals surface area contributed by atoms with Gasteiger partial charge in [0.2, 0.25) is 15.2 Å². The normalized spacial score (nSPS) is 11.2. The van der Waals surface area contributed by atoms with Crippen molar-refractivity contribution < 1.29 is 17.6 Å². The van der Waals surface area contributed by atoms with Crippen LogP contribution >= 0.6 is 23.1 Å². The summed E-state index contributed by atoms with van der Waals surface area (Å²) in [4.78, 5) is 12.3. The molecule has 28 heavy (non-hydrogen) atoms. The molecule has 7 nitrogen and oxygen atoms in total. The number of ketones is 1. The summed E-state index contributed by atoms with van der Waals surface area (Å²) < 4.78 is 38.5. The van der Waals surface area contributed by atoms with Gasteiger partial charge in [-0.15, -0.1) is 10.2 Å². The fraction of sp³-hybridized carbons (Fsp3) is 0.118. The monoisotopic (exact) mass is 438 g/mol. The maximum absolute atomic E-state index is 13.2. The van der Waals surface area contributed by atoms with E-state index < -0.39 is 10.0 Å². The van der Waals surface area contributed by atoms with Crippen molar-refractivity contribution in [1.29, 1.82) is 0 Å². The molecule has 2 N–H and O–H groups in total. The fourth-order valence-corrected chi connectivity index (χ4v) is 4.39. The van der Waals surface area contributed by atoms with Crippen LogP contribution in [0.5, 0.6) is 0 Å². The van der Waals surface area contributed by atoms with Crippen molar-refractivity contribution in [2.45, 2.75) is 4.34 Å². The highest BCUT2D eigenvalue weighted by Gasteiger charge is 2.11. The van der Waals surface area contributed by atoms with Gasteiger partial charge in [-0.25, -0.2) is 12.8 Å². The molecule has 0 aliphatic heterocycles. The quantitative estimate of drug-likeness (QED) is 0.408. The summed E-state index contributed by atoms with van der Waals surface area (Å²) in [5.74, 6) is -0.314. The number of sulfonamides is 1. The Morgan fingerprint density at radius 2 is 1.89 bits per heavy atom. The molecule has 0 saturated carbocycles. The van der Waals surface area contributed by atoms with Gasteiger partial charge in [0.15, 0.2) is 10.1 Å². The molecule has 0 aliphatic rings. The number of rotatable bonds is 8. The Balaban J connectivity index is 1.55. The van der Waals surface area contributed by atoms with Crippen LogP contribution in [0.1, 0.15) is 10.4 Å². The molecule has 1 aromatic heterocycles. The number of aromatic nitrogens is 2. The lowest BCUT2D eigenvalue weighted by Gasteiger charge is -2.04. The third kappa shape index (κ3) is 6.01. The van der Waals surface area contributed by atoms with E-state index in [1.54, 1.807) is 24.3 Å². The summed E-state index contributed by atoms with van der Waals surface area (Å²) in [7, 11) is -3.36. The molecule has 0 spiro atoms. The van der Waals surface area contributed by atoms with E-state index in [0.29, 0.717) is 26.4 Å². The maximum atomic E-state index is 13.2. The van der Waals surface area contributed by atoms with E-state index in [-0.39, 0.29) is 17.4 Å². The molecule has 11 heteroatoms. The Labute approximate surface area is 169 Å². The lowest BCUT2D eigenvalue weighted by molar-refractivity contribution is 0.102. The van der Waals surface area contributed by atoms with Gasteiger partial charge in [-0.1, -0.05) is 29.2 Å². The van der Waals surface area contributed by atoms with E-state index in [1.807, 2.05) is 0 Å². The van der Waals surface area contributed by atoms with E-state index in [2.05, 4.69) is 20.2 Å². The molecule has 0 fully saturated rings. The number of nitrogens with one attached hydrogen (secondary N) is 2. The van der Waals surface area contributed by atoms with Crippen molar-refractivity contribution in [3.63, 3.8) is 0 Å². The van der Waals surface area contributed by atoms with Crippen LogP contribution in [0.2, 0.25) is 0 Å². The van der Waals surface area contributed by atoms with Crippen LogP contribution in [0.15, 0.2) is 52.9 Å². The van der Waals surface area contributed by atoms with Gasteiger partial charge < -0.3 is 5.32 Å². The van der Waals surface area contributed by atoms with Crippen LogP contribution < -0.4 is 10.0 Å². The lowest BCUT2D eigenvalue weighted by atomic mass is 10.1. The molecule has 1 heterocycles. The zero-order valence-corrected chi connectivity index (χ0v) is 17.0. The van der Waals surface area contributed by atoms with Gasteiger partial charge >= 0.3 is 0 Å². The number of hydrogen-bond donors (Lipinski definition) is 2. The summed E-state index contributed by atoms with van der Waals surface area (Å²) in [5.41, 5.74) is 1.42. The molecule has 0 bridgehead atoms. The van der Waals surface area contributed by atoms with Gasteiger partial charge in [-0.05, 0) is 42.5 Å². The first kappa shape index (κ1) is 20.2. The highest BCUT2D eigenvalue weighted by molar-refractivity contribution is 8.01. The first-order valence-corrected chi connectivity index (χ1v) is 11.6. The van der Waals surface area contributed by atoms with Crippen molar-refractivity contribution in [2.75, 3.05) is 22.0 Å². The second kappa shape index (κ2) is 8.67. The molecule has 0 aliphatic carbocycles. The molecule has 0 saturated heterocycles. The molecule has 0 radical (unpaired) electrons. The number of benzene rings is 2. The minimum atomic E-state index is -3.36. The largest absolute Gasteiger partial charge is 0.330 e. The minimum absolute atomic E-state index is 0.120. The van der Waals surface area contributed by atoms with E-state index >= 15 is 0 Å². The van der Waals surface area contributed by atoms with Gasteiger partial charge in [0.25, 0.3) is 0 Å². The maximum Gasteiger partial charge on any atom is 0.229 e. The smallest absolute Gasteiger partial charge is 0.229 e. The first-order valence-electron chi connectivity index (χ1n) is 7.88. The first-order chi connectivity index (χ1) is 13.3. The Morgan fingerprint density at radius 1 is 1.14 bits per heavy atom. The van der Waals surface area contributed by atoms with Crippen LogP contribution in [0.4, 0.5) is 20.9 Å². The van der Waals surface area contributed by atoms with Crippen LogP contribution in [0.25, 0.3) is 0 Å². The van der Waals surface area contributed by atoms with E-state index in [1.165, 1.54) is 47.4 Å². The van der Waals surface area contributed by atoms with Gasteiger partial charge in [-0.2, -0.15) is 0 Å². The predicted octanol–water partition coefficient (Wildman–Crippen LogP) is 3.77. The summed E-state index contributed by atoms with van der Waals surface area (Å²) in [5, 5.41) is 11.4. The topological polar surface area (TPSA) is 101 Å². The number of anilines is 3. The van der Waals surface area contributed by atoms with Crippen LogP contribution in [0, 0.1) is 5.82 Å². The van der Waals surface area contributed by atoms with Gasteiger partial charge in [0.1, 0.15) is 5.82 Å². The lowest BCUT2D eigenvalue weighted by Crippen LogP contribution is -2.10. The van der Waals surface area contributed by atoms with Crippen molar-refractivity contribution in [2.24, 2.45) is 0 Å². The zero-order chi connectivity index (χ0) is 20.1. The number of halogens is 1. The molecule has 0 unspecified atom stereocenters. The van der Waals surface area contributed by atoms with Crippen molar-refractivity contribution in [1.82, 2.24) is 10.2 Å². The Kier molecular flexibility index (Phi) is 6.27. The Bertz CT molecular complexity index is 1090. The average molecular weight is 439 g/mol. The van der Waals surface area contributed by atoms with E-state index in [4.69, 9.17) is 0 Å². The molecule has 3 aromatic rings. The molecule has 0 amide bonds. The zero-order valence-electron chi connectivity index (χ0n) is 14.5. The van der Waals surface area contributed by atoms with Crippen molar-refractivity contribution in [3.05, 3.63) is 59.9 Å². The van der Waals surface area contributed by atoms with Crippen molar-refractivity contribution >= 4 is 55.4 Å². The highest BCUT2D eigenvalue weighted by Crippen LogP contribution is 2.28. The van der Waals surface area contributed by atoms with Gasteiger partial charge in [0.05, 0.1) is 12.0 Å². The summed E-state index contributed by atoms with van der Waals surface area (Å²) in [6, 6.07) is 12.2. The van der Waals surface area contributed by atoms with Crippen LogP contribution in [0.3, 0.4) is 0 Å². The second-order valence-corrected chi connectivity index (χ2v) is 9.62. The number of hydrogen-bond acceptors (Lipinski definition) is 8. The SMILES string of the molecule is CS(=O)(=O)Nc1ccc(C(=O)CSc2nnc(Nc3cccc(F)c3)s2)cc1. The van der Waals surface area contributed by atoms with Crippen molar-refractivity contribution in [3.8, 4) is 0 Å². The minimum Gasteiger partial charge on any atom is -0.330 e. The highest BCUT2D eigenvalue weighted by atomic mass is 32.2. The van der Waals surface area contributed by atoms with E-state index in [0.717, 1.165) is 6.26 Å². The number of carbonyl (C=O) groups excluding carboxylic acids is 1. The number of thioether (sulfide) groups is 1. The standard InChI is InChI=1S/C17H15FN4O3S3/c1-28(24,25)22-13-7-5-11(6-8-13)15(23)10-26-17-21-20-16(27-17)19-14-4-2-3-12(18)9-14/h2-9,22H,10H2,1H3,(H,19,20). The summed E-state index contributed by atoms with van der Waals surface area (Å²) in [6.45, 7) is 0. The third-order valence-corrected chi connectivity index (χ3v) is 5.90. The molecule has 0 atom stereocenters. The Morgan fingerprint density at radius 3 is 2.57 bits per heavy atom. The van der Waals surface area contributed by atoms with Crippen LogP contribution in [-0.4, -0.2) is 36.4 Å². The Hall–Kier alpha value is -2.50. The molecule has 146 valence electrons. The second-order valence-electron chi connectivity index (χ2n) is 5.67. The summed E-state index contributed by atoms with van der Waals surface area (Å²) >= 11 is 2.50. The molecular formula is C17H15FN4O3S3. The van der Waals surface area contributed by atoms with Gasteiger partial charge in [0, 0.05) is 16.9 Å². The van der Waals surface area contributed by atoms with Crippen LogP contribution in [-0.2, 0) is 10.0 Å². The summed E-state index contributed by atoms with van der Waals surface area (Å²) in [6.07, 6.45) is 1.06. The fourth-order valence-electron chi connectivity index (χ4n) is 2.16.